The molecule has 0 fully saturated rings. The van der Waals surface area contributed by atoms with E-state index >= 15 is 0 Å². The summed E-state index contributed by atoms with van der Waals surface area (Å²) in [4.78, 5) is 0. The number of rotatable bonds is 4. The molecule has 1 radical (unpaired) electrons. The zero-order valence-corrected chi connectivity index (χ0v) is 8.51. The fourth-order valence-corrected chi connectivity index (χ4v) is 1.21. The Morgan fingerprint density at radius 2 is 1.87 bits per heavy atom. The highest BCUT2D eigenvalue weighted by molar-refractivity contribution is 5.46. The van der Waals surface area contributed by atoms with Crippen molar-refractivity contribution < 1.29 is 13.2 Å². The summed E-state index contributed by atoms with van der Waals surface area (Å²) in [6.45, 7) is 2.43. The molecule has 0 heterocycles. The molecule has 0 atom stereocenters. The molecule has 0 bridgehead atoms. The van der Waals surface area contributed by atoms with Crippen molar-refractivity contribution in [2.75, 3.05) is 6.54 Å². The number of benzene rings is 1. The predicted octanol–water partition coefficient (Wildman–Crippen LogP) is 3.74. The van der Waals surface area contributed by atoms with Crippen molar-refractivity contribution in [1.82, 2.24) is 5.32 Å². The topological polar surface area (TPSA) is 14.1 Å². The molecule has 0 aliphatic carbocycles. The molecule has 0 aliphatic heterocycles. The van der Waals surface area contributed by atoms with Crippen LogP contribution in [-0.4, -0.2) is 6.54 Å². The molecule has 0 spiro atoms. The Kier molecular flexibility index (Phi) is 4.00. The van der Waals surface area contributed by atoms with E-state index in [1.165, 1.54) is 12.1 Å². The van der Waals surface area contributed by atoms with E-state index in [1.807, 2.05) is 6.92 Å². The molecule has 15 heavy (non-hydrogen) atoms. The molecule has 83 valence electrons. The number of hydrogen-bond acceptors (Lipinski definition) is 0. The lowest BCUT2D eigenvalue weighted by Crippen LogP contribution is -2.10. The van der Waals surface area contributed by atoms with E-state index in [-0.39, 0.29) is 5.69 Å². The first-order valence-electron chi connectivity index (χ1n) is 4.89. The van der Waals surface area contributed by atoms with Gasteiger partial charge in [0.1, 0.15) is 0 Å². The largest absolute Gasteiger partial charge is 0.418 e. The Balaban J connectivity index is 2.78. The van der Waals surface area contributed by atoms with E-state index in [2.05, 4.69) is 5.32 Å². The van der Waals surface area contributed by atoms with Gasteiger partial charge >= 0.3 is 6.18 Å². The minimum atomic E-state index is -4.31. The fraction of sp³-hybridized carbons (Fsp3) is 0.455. The minimum absolute atomic E-state index is 0.0402. The summed E-state index contributed by atoms with van der Waals surface area (Å²) in [7, 11) is 0. The molecule has 0 unspecified atom stereocenters. The van der Waals surface area contributed by atoms with Crippen LogP contribution in [0.25, 0.3) is 0 Å². The van der Waals surface area contributed by atoms with E-state index in [0.29, 0.717) is 6.54 Å². The summed E-state index contributed by atoms with van der Waals surface area (Å²) in [5, 5.41) is 3.94. The lowest BCUT2D eigenvalue weighted by Gasteiger charge is -2.11. The second kappa shape index (κ2) is 5.05. The number of para-hydroxylation sites is 1. The highest BCUT2D eigenvalue weighted by atomic mass is 19.4. The van der Waals surface area contributed by atoms with Crippen LogP contribution in [0.5, 0.6) is 0 Å². The molecule has 1 aromatic carbocycles. The maximum atomic E-state index is 12.5. The quantitative estimate of drug-likeness (QED) is 0.681. The number of nitrogens with zero attached hydrogens (tertiary/aromatic N) is 1. The van der Waals surface area contributed by atoms with Gasteiger partial charge in [0.15, 0.2) is 0 Å². The van der Waals surface area contributed by atoms with Crippen LogP contribution in [-0.2, 0) is 6.18 Å². The van der Waals surface area contributed by atoms with Crippen molar-refractivity contribution in [2.24, 2.45) is 0 Å². The molecule has 0 N–H and O–H groups in total. The van der Waals surface area contributed by atoms with Gasteiger partial charge in [-0.2, -0.15) is 13.2 Å². The van der Waals surface area contributed by atoms with Gasteiger partial charge in [-0.3, -0.25) is 5.32 Å². The van der Waals surface area contributed by atoms with Gasteiger partial charge in [0.2, 0.25) is 0 Å². The van der Waals surface area contributed by atoms with Gasteiger partial charge in [0.25, 0.3) is 0 Å². The molecule has 0 saturated heterocycles. The molecule has 4 heteroatoms. The second-order valence-corrected chi connectivity index (χ2v) is 3.25. The summed E-state index contributed by atoms with van der Waals surface area (Å²) >= 11 is 0. The van der Waals surface area contributed by atoms with Gasteiger partial charge in [0.05, 0.1) is 11.3 Å². The van der Waals surface area contributed by atoms with Crippen molar-refractivity contribution >= 4 is 5.69 Å². The highest BCUT2D eigenvalue weighted by Gasteiger charge is 2.33. The molecule has 0 aliphatic rings. The molecule has 0 aromatic heterocycles. The smallest absolute Gasteiger partial charge is 0.285 e. The van der Waals surface area contributed by atoms with Crippen LogP contribution in [0.2, 0.25) is 0 Å². The first-order valence-corrected chi connectivity index (χ1v) is 4.89. The first-order chi connectivity index (χ1) is 7.05. The highest BCUT2D eigenvalue weighted by Crippen LogP contribution is 2.34. The van der Waals surface area contributed by atoms with Crippen LogP contribution in [0, 0.1) is 0 Å². The molecule has 0 amide bonds. The number of alkyl halides is 3. The summed E-state index contributed by atoms with van der Waals surface area (Å²) in [5.74, 6) is 0. The van der Waals surface area contributed by atoms with E-state index in [4.69, 9.17) is 0 Å². The van der Waals surface area contributed by atoms with Gasteiger partial charge in [-0.15, -0.1) is 0 Å². The third-order valence-electron chi connectivity index (χ3n) is 2.00. The Bertz CT molecular complexity index is 307. The number of unbranched alkanes of at least 4 members (excludes halogenated alkanes) is 1. The van der Waals surface area contributed by atoms with E-state index < -0.39 is 11.7 Å². The van der Waals surface area contributed by atoms with Crippen LogP contribution in [0.4, 0.5) is 18.9 Å². The Morgan fingerprint density at radius 3 is 2.47 bits per heavy atom. The Labute approximate surface area is 87.3 Å². The van der Waals surface area contributed by atoms with Gasteiger partial charge in [-0.1, -0.05) is 25.5 Å². The first kappa shape index (κ1) is 11.9. The van der Waals surface area contributed by atoms with Crippen molar-refractivity contribution in [2.45, 2.75) is 25.9 Å². The Morgan fingerprint density at radius 1 is 1.20 bits per heavy atom. The van der Waals surface area contributed by atoms with Gasteiger partial charge in [-0.25, -0.2) is 0 Å². The predicted molar refractivity (Wildman–Crippen MR) is 53.0 cm³/mol. The van der Waals surface area contributed by atoms with Crippen molar-refractivity contribution in [3.8, 4) is 0 Å². The zero-order valence-electron chi connectivity index (χ0n) is 8.51. The Hall–Kier alpha value is -1.19. The molecule has 1 rings (SSSR count). The monoisotopic (exact) mass is 216 g/mol. The number of halogens is 3. The average Bonchev–Trinajstić information content (AvgIpc) is 2.17. The third-order valence-corrected chi connectivity index (χ3v) is 2.00. The lowest BCUT2D eigenvalue weighted by molar-refractivity contribution is -0.137. The zero-order chi connectivity index (χ0) is 11.3. The SMILES string of the molecule is CCCC[N]c1ccccc1C(F)(F)F. The van der Waals surface area contributed by atoms with Gasteiger partial charge < -0.3 is 0 Å². The van der Waals surface area contributed by atoms with E-state index in [0.717, 1.165) is 18.9 Å². The summed E-state index contributed by atoms with van der Waals surface area (Å²) in [5.41, 5.74) is -0.612. The van der Waals surface area contributed by atoms with Crippen LogP contribution in [0.3, 0.4) is 0 Å². The minimum Gasteiger partial charge on any atom is -0.285 e. The maximum absolute atomic E-state index is 12.5. The molecule has 1 aromatic rings. The lowest BCUT2D eigenvalue weighted by atomic mass is 10.1. The van der Waals surface area contributed by atoms with Crippen LogP contribution < -0.4 is 5.32 Å². The summed E-state index contributed by atoms with van der Waals surface area (Å²) in [6.07, 6.45) is -2.57. The van der Waals surface area contributed by atoms with Crippen LogP contribution in [0.15, 0.2) is 24.3 Å². The van der Waals surface area contributed by atoms with Crippen LogP contribution >= 0.6 is 0 Å². The van der Waals surface area contributed by atoms with Crippen molar-refractivity contribution in [3.05, 3.63) is 29.8 Å². The molecule has 0 saturated carbocycles. The molecular formula is C11H13F3N. The van der Waals surface area contributed by atoms with Gasteiger partial charge in [0, 0.05) is 6.54 Å². The van der Waals surface area contributed by atoms with Crippen LogP contribution in [0.1, 0.15) is 25.3 Å². The second-order valence-electron chi connectivity index (χ2n) is 3.25. The van der Waals surface area contributed by atoms with E-state index in [1.54, 1.807) is 6.07 Å². The van der Waals surface area contributed by atoms with Crippen molar-refractivity contribution in [3.63, 3.8) is 0 Å². The summed E-state index contributed by atoms with van der Waals surface area (Å²) < 4.78 is 37.5. The standard InChI is InChI=1S/C11H13F3N/c1-2-3-8-15-10-7-5-4-6-9(10)11(12,13)14/h4-7H,2-3,8H2,1H3. The van der Waals surface area contributed by atoms with E-state index in [9.17, 15) is 13.2 Å². The molecule has 1 nitrogen and oxygen atoms in total. The third kappa shape index (κ3) is 3.46. The van der Waals surface area contributed by atoms with Gasteiger partial charge in [-0.05, 0) is 18.6 Å². The number of hydrogen-bond donors (Lipinski definition) is 0. The summed E-state index contributed by atoms with van der Waals surface area (Å²) in [6, 6.07) is 5.41. The van der Waals surface area contributed by atoms with Crippen molar-refractivity contribution in [1.29, 1.82) is 0 Å². The average molecular weight is 216 g/mol. The fourth-order valence-electron chi connectivity index (χ4n) is 1.21. The normalized spacial score (nSPS) is 11.5. The maximum Gasteiger partial charge on any atom is 0.418 e. The molecular weight excluding hydrogens is 203 g/mol.